The average molecular weight is 449 g/mol. The molecule has 3 aromatic rings. The van der Waals surface area contributed by atoms with Gasteiger partial charge in [-0.25, -0.2) is 0 Å². The lowest BCUT2D eigenvalue weighted by Crippen LogP contribution is -2.62. The van der Waals surface area contributed by atoms with E-state index in [-0.39, 0.29) is 24.0 Å². The highest BCUT2D eigenvalue weighted by molar-refractivity contribution is 8.26. The third-order valence-electron chi connectivity index (χ3n) is 5.63. The zero-order valence-corrected chi connectivity index (χ0v) is 21.2. The summed E-state index contributed by atoms with van der Waals surface area (Å²) in [5, 5.41) is 15.2. The summed E-state index contributed by atoms with van der Waals surface area (Å²) in [5.41, 5.74) is 1.67. The van der Waals surface area contributed by atoms with Gasteiger partial charge in [-0.15, -0.1) is 5.21 Å². The second-order valence-corrected chi connectivity index (χ2v) is 11.1. The number of imidazole rings is 1. The average Bonchev–Trinajstić information content (AvgIpc) is 3.20. The van der Waals surface area contributed by atoms with E-state index in [4.69, 9.17) is 0 Å². The number of hydroxylamine groups is 2. The van der Waals surface area contributed by atoms with Crippen LogP contribution in [0.25, 0.3) is 0 Å². The van der Waals surface area contributed by atoms with E-state index in [2.05, 4.69) is 85.6 Å². The first-order valence-electron chi connectivity index (χ1n) is 11.5. The molecular weight excluding hydrogens is 413 g/mol. The van der Waals surface area contributed by atoms with Crippen LogP contribution in [0.1, 0.15) is 72.1 Å². The summed E-state index contributed by atoms with van der Waals surface area (Å²) >= 11 is 1.77. The second-order valence-electron chi connectivity index (χ2n) is 9.86. The van der Waals surface area contributed by atoms with Crippen molar-refractivity contribution in [2.45, 2.75) is 76.9 Å². The van der Waals surface area contributed by atoms with E-state index in [1.54, 1.807) is 11.6 Å². The Balaban J connectivity index is 2.27. The molecule has 170 valence electrons. The molecule has 0 amide bonds. The predicted molar refractivity (Wildman–Crippen MR) is 135 cm³/mol. The SMILES string of the molecule is CC(C)n1cc[n+](C(C)C)c1[B-](Sc1ccccc1)C(c1ccccc1)N([O])C(C)(C)C. The Bertz CT molecular complexity index is 958. The highest BCUT2D eigenvalue weighted by atomic mass is 32.2. The fourth-order valence-corrected chi connectivity index (χ4v) is 5.35. The van der Waals surface area contributed by atoms with Crippen LogP contribution in [0, 0.1) is 0 Å². The number of nitrogens with zero attached hydrogens (tertiary/aromatic N) is 3. The van der Waals surface area contributed by atoms with Crippen LogP contribution in [0.4, 0.5) is 0 Å². The minimum atomic E-state index is -0.534. The van der Waals surface area contributed by atoms with E-state index < -0.39 is 5.54 Å². The molecule has 0 fully saturated rings. The first kappa shape index (κ1) is 24.6. The van der Waals surface area contributed by atoms with Crippen LogP contribution in [-0.4, -0.2) is 21.2 Å². The van der Waals surface area contributed by atoms with Crippen molar-refractivity contribution in [3.63, 3.8) is 0 Å². The summed E-state index contributed by atoms with van der Waals surface area (Å²) in [6, 6.07) is 21.2. The zero-order chi connectivity index (χ0) is 23.5. The molecule has 0 aliphatic carbocycles. The second kappa shape index (κ2) is 10.3. The molecule has 1 unspecified atom stereocenters. The van der Waals surface area contributed by atoms with Gasteiger partial charge in [-0.2, -0.15) is 5.06 Å². The third kappa shape index (κ3) is 5.48. The Morgan fingerprint density at radius 3 is 2.00 bits per heavy atom. The molecule has 3 rings (SSSR count). The van der Waals surface area contributed by atoms with Gasteiger partial charge in [-0.3, -0.25) is 9.13 Å². The number of hydrogen-bond acceptors (Lipinski definition) is 2. The van der Waals surface area contributed by atoms with E-state index in [0.29, 0.717) is 0 Å². The molecular formula is C26H36BN3OS. The van der Waals surface area contributed by atoms with Gasteiger partial charge in [-0.05, 0) is 53.4 Å². The fourth-order valence-electron chi connectivity index (χ4n) is 4.00. The van der Waals surface area contributed by atoms with Gasteiger partial charge < -0.3 is 11.6 Å². The minimum Gasteiger partial charge on any atom is -0.361 e. The molecule has 0 bridgehead atoms. The van der Waals surface area contributed by atoms with Crippen molar-refractivity contribution >= 4 is 23.3 Å². The first-order chi connectivity index (χ1) is 15.1. The van der Waals surface area contributed by atoms with Crippen LogP contribution >= 0.6 is 11.6 Å². The lowest BCUT2D eigenvalue weighted by atomic mass is 9.62. The van der Waals surface area contributed by atoms with Crippen LogP contribution in [0.3, 0.4) is 0 Å². The van der Waals surface area contributed by atoms with Crippen molar-refractivity contribution in [1.82, 2.24) is 9.63 Å². The molecule has 0 aliphatic rings. The molecule has 32 heavy (non-hydrogen) atoms. The number of rotatable bonds is 8. The molecule has 1 aromatic heterocycles. The highest BCUT2D eigenvalue weighted by Crippen LogP contribution is 2.36. The molecule has 1 heterocycles. The van der Waals surface area contributed by atoms with Crippen molar-refractivity contribution in [2.75, 3.05) is 0 Å². The van der Waals surface area contributed by atoms with Gasteiger partial charge in [0.25, 0.3) is 0 Å². The number of aromatic nitrogens is 2. The molecule has 0 saturated carbocycles. The van der Waals surface area contributed by atoms with Gasteiger partial charge in [0.2, 0.25) is 0 Å². The molecule has 0 spiro atoms. The molecule has 4 nitrogen and oxygen atoms in total. The topological polar surface area (TPSA) is 31.9 Å². The summed E-state index contributed by atoms with van der Waals surface area (Å²) in [6.07, 6.45) is 4.32. The van der Waals surface area contributed by atoms with Crippen LogP contribution in [0.2, 0.25) is 0 Å². The number of hydrogen-bond donors (Lipinski definition) is 0. The molecule has 0 saturated heterocycles. The van der Waals surface area contributed by atoms with E-state index >= 15 is 0 Å². The van der Waals surface area contributed by atoms with Crippen molar-refractivity contribution in [3.8, 4) is 0 Å². The van der Waals surface area contributed by atoms with E-state index in [0.717, 1.165) is 10.5 Å². The third-order valence-corrected chi connectivity index (χ3v) is 6.90. The predicted octanol–water partition coefficient (Wildman–Crippen LogP) is 5.65. The summed E-state index contributed by atoms with van der Waals surface area (Å²) in [7, 11) is 0. The Hall–Kier alpha value is -2.02. The Labute approximate surface area is 198 Å². The lowest BCUT2D eigenvalue weighted by Gasteiger charge is -2.44. The maximum Gasteiger partial charge on any atom is 0.126 e. The summed E-state index contributed by atoms with van der Waals surface area (Å²) < 4.78 is 4.65. The van der Waals surface area contributed by atoms with E-state index in [1.807, 2.05) is 45.0 Å². The Kier molecular flexibility index (Phi) is 7.91. The highest BCUT2D eigenvalue weighted by Gasteiger charge is 2.36. The number of benzene rings is 2. The van der Waals surface area contributed by atoms with Crippen molar-refractivity contribution in [3.05, 3.63) is 78.6 Å². The van der Waals surface area contributed by atoms with Gasteiger partial charge in [0.05, 0.1) is 17.8 Å². The summed E-state index contributed by atoms with van der Waals surface area (Å²) in [5.74, 6) is -0.449. The standard InChI is InChI=1S/C26H36BN3OS/c1-20(2)28-18-19-29(21(3)4)25(28)27(32-23-16-12-9-13-17-23)24(30(31)26(5,6)7)22-14-10-8-11-15-22/h8-21,24H,1-7H3. The van der Waals surface area contributed by atoms with Gasteiger partial charge in [0.1, 0.15) is 18.4 Å². The summed E-state index contributed by atoms with van der Waals surface area (Å²) in [6.45, 7) is 14.8. The molecule has 0 N–H and O–H groups in total. The van der Waals surface area contributed by atoms with Gasteiger partial charge >= 0.3 is 0 Å². The van der Waals surface area contributed by atoms with Crippen molar-refractivity contribution in [1.29, 1.82) is 0 Å². The smallest absolute Gasteiger partial charge is 0.126 e. The molecule has 6 heteroatoms. The van der Waals surface area contributed by atoms with Crippen LogP contribution < -0.4 is 10.3 Å². The monoisotopic (exact) mass is 449 g/mol. The lowest BCUT2D eigenvalue weighted by molar-refractivity contribution is -0.699. The molecule has 1 atom stereocenters. The fraction of sp³-hybridized carbons (Fsp3) is 0.423. The normalized spacial score (nSPS) is 13.5. The molecule has 0 aliphatic heterocycles. The van der Waals surface area contributed by atoms with Gasteiger partial charge in [-0.1, -0.05) is 72.2 Å². The van der Waals surface area contributed by atoms with E-state index in [9.17, 15) is 5.21 Å². The van der Waals surface area contributed by atoms with Crippen molar-refractivity contribution < 1.29 is 9.77 Å². The Morgan fingerprint density at radius 1 is 0.938 bits per heavy atom. The molecule has 2 aromatic carbocycles. The molecule has 2 radical (unpaired) electrons. The maximum absolute atomic E-state index is 13.9. The Morgan fingerprint density at radius 2 is 1.50 bits per heavy atom. The zero-order valence-electron chi connectivity index (χ0n) is 20.4. The van der Waals surface area contributed by atoms with Crippen LogP contribution in [0.5, 0.6) is 0 Å². The minimum absolute atomic E-state index is 0.101. The van der Waals surface area contributed by atoms with Gasteiger partial charge in [0.15, 0.2) is 0 Å². The van der Waals surface area contributed by atoms with Gasteiger partial charge in [0, 0.05) is 5.54 Å². The van der Waals surface area contributed by atoms with Crippen molar-refractivity contribution in [2.24, 2.45) is 0 Å². The quantitative estimate of drug-likeness (QED) is 0.253. The van der Waals surface area contributed by atoms with Crippen LogP contribution in [-0.2, 0) is 5.21 Å². The van der Waals surface area contributed by atoms with E-state index in [1.165, 1.54) is 10.8 Å². The summed E-state index contributed by atoms with van der Waals surface area (Å²) in [4.78, 5) is 1.16. The first-order valence-corrected chi connectivity index (χ1v) is 12.3. The maximum atomic E-state index is 13.9. The van der Waals surface area contributed by atoms with Crippen LogP contribution in [0.15, 0.2) is 78.0 Å². The largest absolute Gasteiger partial charge is 0.361 e.